The number of phenolic OH excluding ortho intramolecular Hbond substituents is 3. The molecule has 0 aromatic heterocycles. The molecule has 11 bridgehead atoms. The molecule has 5 aromatic carbocycles. The van der Waals surface area contributed by atoms with Crippen molar-refractivity contribution < 1.29 is 118 Å². The first-order valence-electron chi connectivity index (χ1n) is 32.4. The number of rotatable bonds is 13. The van der Waals surface area contributed by atoms with Gasteiger partial charge in [0, 0.05) is 54.0 Å². The molecule has 31 nitrogen and oxygen atoms in total. The molecular weight excluding hydrogens is 1350 g/mol. The summed E-state index contributed by atoms with van der Waals surface area (Å²) in [6.45, 7) is 7.24. The van der Waals surface area contributed by atoms with E-state index in [1.54, 1.807) is 0 Å². The van der Waals surface area contributed by atoms with E-state index >= 15 is 19.2 Å². The number of aromatic hydroxyl groups is 3. The number of ether oxygens (including phenoxy) is 6. The Kier molecular flexibility index (Phi) is 22.3. The van der Waals surface area contributed by atoms with Crippen LogP contribution in [0.3, 0.4) is 0 Å². The van der Waals surface area contributed by atoms with Gasteiger partial charge in [0.1, 0.15) is 83.5 Å². The van der Waals surface area contributed by atoms with Crippen LogP contribution < -0.4 is 52.3 Å². The molecule has 32 heteroatoms. The number of aliphatic hydroxyl groups excluding tert-OH is 6. The largest absolute Gasteiger partial charge is 0.508 e. The van der Waals surface area contributed by atoms with E-state index in [2.05, 4.69) is 26.6 Å². The van der Waals surface area contributed by atoms with Crippen LogP contribution in [0.5, 0.6) is 46.0 Å². The van der Waals surface area contributed by atoms with Crippen LogP contribution in [-0.2, 0) is 52.6 Å². The molecule has 9 unspecified atom stereocenters. The number of aliphatic carboxylic acids is 1. The molecule has 5 amide bonds. The molecule has 19 N–H and O–H groups in total. The molecule has 18 atom stereocenters. The number of hydrogen-bond donors (Lipinski definition) is 17. The van der Waals surface area contributed by atoms with E-state index in [1.807, 2.05) is 13.8 Å². The Hall–Kier alpha value is -9.09. The van der Waals surface area contributed by atoms with Gasteiger partial charge in [0.25, 0.3) is 0 Å². The molecule has 5 aromatic rings. The maximum atomic E-state index is 16.3. The number of hydrogen-bond acceptors (Lipinski definition) is 25. The second-order valence-electron chi connectivity index (χ2n) is 26.6. The van der Waals surface area contributed by atoms with E-state index in [0.717, 1.165) is 36.4 Å². The van der Waals surface area contributed by atoms with Crippen molar-refractivity contribution in [3.8, 4) is 57.1 Å². The number of carbonyl (C=O) groups is 8. The zero-order valence-electron chi connectivity index (χ0n) is 55.4. The van der Waals surface area contributed by atoms with Gasteiger partial charge in [-0.1, -0.05) is 43.6 Å². The van der Waals surface area contributed by atoms with Gasteiger partial charge in [-0.25, -0.2) is 4.79 Å². The molecule has 7 heterocycles. The van der Waals surface area contributed by atoms with Gasteiger partial charge in [-0.2, -0.15) is 0 Å². The summed E-state index contributed by atoms with van der Waals surface area (Å²) in [6.07, 6.45) is -20.3. The van der Waals surface area contributed by atoms with Gasteiger partial charge in [-0.15, -0.1) is 0 Å². The van der Waals surface area contributed by atoms with Crippen molar-refractivity contribution >= 4 is 58.7 Å². The summed E-state index contributed by atoms with van der Waals surface area (Å²) in [7, 11) is 1.50. The van der Waals surface area contributed by atoms with Crippen molar-refractivity contribution in [3.05, 3.63) is 117 Å². The zero-order chi connectivity index (χ0) is 73.5. The number of carbonyl (C=O) groups excluding carboxylic acids is 7. The highest BCUT2D eigenvalue weighted by Crippen LogP contribution is 2.50. The summed E-state index contributed by atoms with van der Waals surface area (Å²) in [5.41, 5.74) is 9.08. The fourth-order valence-electron chi connectivity index (χ4n) is 13.2. The Bertz CT molecular complexity index is 4060. The second-order valence-corrected chi connectivity index (χ2v) is 27.0. The number of phenols is 3. The van der Waals surface area contributed by atoms with E-state index < -0.39 is 233 Å². The number of fused-ring (bicyclic) bond motifs is 15. The minimum absolute atomic E-state index is 0.0124. The lowest BCUT2D eigenvalue weighted by Gasteiger charge is -2.44. The number of aryl methyl sites for hydroxylation is 1. The number of amides is 5. The maximum absolute atomic E-state index is 16.3. The van der Waals surface area contributed by atoms with Crippen LogP contribution in [-0.4, -0.2) is 185 Å². The summed E-state index contributed by atoms with van der Waals surface area (Å²) in [6, 6.07) is 5.70. The Balaban J connectivity index is 1.26. The fourth-order valence-corrected chi connectivity index (χ4v) is 13.4. The molecule has 542 valence electrons. The van der Waals surface area contributed by atoms with Gasteiger partial charge in [-0.3, -0.25) is 33.6 Å². The first-order chi connectivity index (χ1) is 47.7. The highest BCUT2D eigenvalue weighted by molar-refractivity contribution is 6.32. The molecule has 0 spiro atoms. The topological polar surface area (TPSA) is 506 Å². The average molecular weight is 1430 g/mol. The van der Waals surface area contributed by atoms with Gasteiger partial charge in [-0.05, 0) is 123 Å². The number of nitrogens with two attached hydrogens (primary N) is 2. The summed E-state index contributed by atoms with van der Waals surface area (Å²) >= 11 is 7.05. The molecule has 12 rings (SSSR count). The third kappa shape index (κ3) is 15.9. The van der Waals surface area contributed by atoms with Crippen LogP contribution >= 0.6 is 11.6 Å². The molecule has 7 aliphatic rings. The van der Waals surface area contributed by atoms with E-state index in [9.17, 15) is 70.2 Å². The van der Waals surface area contributed by atoms with E-state index in [-0.39, 0.29) is 63.1 Å². The molecule has 0 radical (unpaired) electrons. The van der Waals surface area contributed by atoms with E-state index in [4.69, 9.17) is 51.5 Å². The molecular formula is C69H80ClN7O24. The Labute approximate surface area is 582 Å². The highest BCUT2D eigenvalue weighted by atomic mass is 35.5. The zero-order valence-corrected chi connectivity index (χ0v) is 56.1. The van der Waals surface area contributed by atoms with Crippen LogP contribution in [0, 0.1) is 18.8 Å². The summed E-state index contributed by atoms with van der Waals surface area (Å²) in [5, 5.41) is 126. The normalized spacial score (nSPS) is 29.6. The lowest BCUT2D eigenvalue weighted by molar-refractivity contribution is -0.277. The average Bonchev–Trinajstić information content (AvgIpc) is 0.770. The number of Topliss-reactive ketones (excluding diaryl/α,β-unsaturated/α-hetero) is 2. The number of primary amides is 1. The lowest BCUT2D eigenvalue weighted by atomic mass is 9.84. The smallest absolute Gasteiger partial charge is 0.330 e. The molecule has 2 fully saturated rings. The number of aliphatic hydroxyl groups is 6. The molecule has 101 heavy (non-hydrogen) atoms. The summed E-state index contributed by atoms with van der Waals surface area (Å²) in [4.78, 5) is 119. The molecule has 2 saturated heterocycles. The van der Waals surface area contributed by atoms with Gasteiger partial charge < -0.3 is 118 Å². The number of likely N-dealkylation sites (N-methyl/N-ethyl adjacent to an activating group) is 1. The SMILES string of the molecule is CN[C@H](CC(C)C)C(=O)N[C@H]1C(=O)C[C@@H](CC(N)=O)C(=O)N[C@H]2C(=O)C[C@H]3C(=O)N[C@H](C(=O)N[C@H](C(=O)O)c4cc(O)cc(O)c4-c4cc3ccc4O)[C@H](OC3CC(C)(N)C(O)C(C)O3)c3ccc(c(C)c3)Oc3cc2cc(c3OC2OC(CO)C(O)C(O)C2O)Oc2ccc(cc2Cl)[C@H]1O. The molecule has 0 aliphatic carbocycles. The Morgan fingerprint density at radius 3 is 2.07 bits per heavy atom. The molecule has 7 aliphatic heterocycles. The van der Waals surface area contributed by atoms with Crippen LogP contribution in [0.2, 0.25) is 5.02 Å². The number of benzene rings is 5. The van der Waals surface area contributed by atoms with Crippen LogP contribution in [0.25, 0.3) is 11.1 Å². The van der Waals surface area contributed by atoms with Crippen molar-refractivity contribution in [1.29, 1.82) is 0 Å². The number of halogens is 1. The van der Waals surface area contributed by atoms with E-state index in [0.29, 0.717) is 0 Å². The number of nitrogens with one attached hydrogen (secondary N) is 5. The predicted molar refractivity (Wildman–Crippen MR) is 352 cm³/mol. The van der Waals surface area contributed by atoms with Gasteiger partial charge in [0.05, 0.1) is 41.7 Å². The van der Waals surface area contributed by atoms with Crippen molar-refractivity contribution in [2.75, 3.05) is 13.7 Å². The predicted octanol–water partition coefficient (Wildman–Crippen LogP) is 1.74. The van der Waals surface area contributed by atoms with Crippen LogP contribution in [0.1, 0.15) is 123 Å². The Morgan fingerprint density at radius 2 is 1.44 bits per heavy atom. The molecule has 0 saturated carbocycles. The quantitative estimate of drug-likeness (QED) is 0.0798. The van der Waals surface area contributed by atoms with Gasteiger partial charge in [0.2, 0.25) is 41.6 Å². The number of carboxylic acid groups (broad SMARTS) is 1. The van der Waals surface area contributed by atoms with Crippen molar-refractivity contribution in [1.82, 2.24) is 26.6 Å². The van der Waals surface area contributed by atoms with Gasteiger partial charge >= 0.3 is 5.97 Å². The third-order valence-electron chi connectivity index (χ3n) is 18.6. The van der Waals surface area contributed by atoms with Crippen molar-refractivity contribution in [2.45, 2.75) is 170 Å². The van der Waals surface area contributed by atoms with Gasteiger partial charge in [0.15, 0.2) is 35.4 Å². The standard InChI is InChI=1S/C69H80ClN7O24/c1-26(2)13-39(73-6)65(92)76-54-42(82)17-33(20-49(71)84)63(90)74-52-32-18-46(61(101-68-59(88)58(87)57(86)48(25-78)99-68)47(19-32)98-45-12-8-30(56(54)85)16-38(45)70)97-44-11-9-31(14-27(44)3)60(100-50-24-69(5,72)62(89)28(4)96-50)55-66(93)75-53(67(94)95)37-21-34(79)22-41(81)51(37)36-15-29(7-10-40(36)80)35(23-43(52)83)64(91)77-55/h7-12,14-16,18-19,21-22,26,28,33,35,39,48,50,52-60,62,68,73,78-81,85-89H,13,17,20,23-25,72H2,1-6H3,(H2,71,84)(H,74,90)(H,75,93)(H,76,92)(H,77,91)(H,94,95)/t28?,33-,35+,39+,48?,50?,52+,53-,54-,55-,56+,57?,58?,59?,60+,62?,68?,69?/m0/s1. The minimum atomic E-state index is -2.23. The van der Waals surface area contributed by atoms with Crippen LogP contribution in [0.4, 0.5) is 0 Å². The monoisotopic (exact) mass is 1430 g/mol. The summed E-state index contributed by atoms with van der Waals surface area (Å²) in [5.74, 6) is -17.8. The minimum Gasteiger partial charge on any atom is -0.508 e. The number of carboxylic acids is 1. The Morgan fingerprint density at radius 1 is 0.762 bits per heavy atom. The number of ketones is 2. The fraction of sp³-hybridized carbons (Fsp3) is 0.449. The first kappa shape index (κ1) is 74.6. The highest BCUT2D eigenvalue weighted by Gasteiger charge is 2.49. The van der Waals surface area contributed by atoms with E-state index in [1.165, 1.54) is 70.3 Å². The van der Waals surface area contributed by atoms with Crippen molar-refractivity contribution in [2.24, 2.45) is 23.3 Å². The van der Waals surface area contributed by atoms with Crippen LogP contribution in [0.15, 0.2) is 78.9 Å². The van der Waals surface area contributed by atoms with Crippen molar-refractivity contribution in [3.63, 3.8) is 0 Å². The summed E-state index contributed by atoms with van der Waals surface area (Å²) < 4.78 is 38.4. The maximum Gasteiger partial charge on any atom is 0.330 e. The lowest BCUT2D eigenvalue weighted by Crippen LogP contribution is -2.61. The second kappa shape index (κ2) is 30.2. The first-order valence-corrected chi connectivity index (χ1v) is 32.8. The third-order valence-corrected chi connectivity index (χ3v) is 18.9.